The number of benzene rings is 1. The maximum atomic E-state index is 10.8. The van der Waals surface area contributed by atoms with Crippen molar-refractivity contribution in [2.24, 2.45) is 0 Å². The summed E-state index contributed by atoms with van der Waals surface area (Å²) in [4.78, 5) is 29.2. The molecule has 0 aliphatic carbocycles. The number of nitrogens with zero attached hydrogens (tertiary/aromatic N) is 3. The second-order valence-corrected chi connectivity index (χ2v) is 4.25. The van der Waals surface area contributed by atoms with Gasteiger partial charge in [0.05, 0.1) is 15.4 Å². The average Bonchev–Trinajstić information content (AvgIpc) is 2.40. The van der Waals surface area contributed by atoms with Gasteiger partial charge < -0.3 is 0 Å². The first kappa shape index (κ1) is 12.2. The van der Waals surface area contributed by atoms with Gasteiger partial charge in [0.15, 0.2) is 11.4 Å². The number of nitro groups is 1. The molecule has 2 aromatic rings. The quantitative estimate of drug-likeness (QED) is 0.363. The van der Waals surface area contributed by atoms with E-state index in [4.69, 9.17) is 0 Å². The molecule has 0 aliphatic heterocycles. The van der Waals surface area contributed by atoms with E-state index in [1.54, 1.807) is 18.2 Å². The van der Waals surface area contributed by atoms with Gasteiger partial charge in [-0.25, -0.2) is 9.97 Å². The molecular formula is C11H7N3O3S. The van der Waals surface area contributed by atoms with Crippen LogP contribution < -0.4 is 0 Å². The van der Waals surface area contributed by atoms with Crippen LogP contribution in [-0.4, -0.2) is 21.2 Å². The Balaban J connectivity index is 2.28. The summed E-state index contributed by atoms with van der Waals surface area (Å²) in [6.45, 7) is 0. The fraction of sp³-hybridized carbons (Fsp3) is 0. The van der Waals surface area contributed by atoms with Gasteiger partial charge in [0.2, 0.25) is 0 Å². The SMILES string of the molecule is O=Cc1cnc(Sc2ccccc2[N+](=O)[O-])nc1. The highest BCUT2D eigenvalue weighted by Gasteiger charge is 2.14. The molecule has 18 heavy (non-hydrogen) atoms. The highest BCUT2D eigenvalue weighted by Crippen LogP contribution is 2.32. The van der Waals surface area contributed by atoms with Crippen molar-refractivity contribution in [2.45, 2.75) is 10.1 Å². The van der Waals surface area contributed by atoms with Crippen molar-refractivity contribution < 1.29 is 9.72 Å². The summed E-state index contributed by atoms with van der Waals surface area (Å²) >= 11 is 1.08. The van der Waals surface area contributed by atoms with Crippen LogP contribution in [0.25, 0.3) is 0 Å². The average molecular weight is 261 g/mol. The van der Waals surface area contributed by atoms with Crippen LogP contribution >= 0.6 is 11.8 Å². The van der Waals surface area contributed by atoms with Crippen LogP contribution in [0.15, 0.2) is 46.7 Å². The number of rotatable bonds is 4. The van der Waals surface area contributed by atoms with Gasteiger partial charge in [-0.2, -0.15) is 0 Å². The van der Waals surface area contributed by atoms with E-state index in [-0.39, 0.29) is 5.69 Å². The first-order chi connectivity index (χ1) is 8.70. The molecule has 0 N–H and O–H groups in total. The molecule has 1 aromatic heterocycles. The number of hydrogen-bond donors (Lipinski definition) is 0. The molecule has 90 valence electrons. The highest BCUT2D eigenvalue weighted by atomic mass is 32.2. The summed E-state index contributed by atoms with van der Waals surface area (Å²) in [6.07, 6.45) is 3.38. The smallest absolute Gasteiger partial charge is 0.283 e. The van der Waals surface area contributed by atoms with Gasteiger partial charge in [-0.15, -0.1) is 0 Å². The largest absolute Gasteiger partial charge is 0.298 e. The molecule has 0 atom stereocenters. The Labute approximate surface area is 106 Å². The minimum atomic E-state index is -0.456. The number of para-hydroxylation sites is 1. The molecule has 0 saturated heterocycles. The zero-order valence-electron chi connectivity index (χ0n) is 9.02. The predicted molar refractivity (Wildman–Crippen MR) is 64.6 cm³/mol. The van der Waals surface area contributed by atoms with E-state index in [1.807, 2.05) is 0 Å². The predicted octanol–water partition coefficient (Wildman–Crippen LogP) is 2.35. The van der Waals surface area contributed by atoms with Crippen molar-refractivity contribution in [3.05, 3.63) is 52.3 Å². The lowest BCUT2D eigenvalue weighted by molar-refractivity contribution is -0.387. The monoisotopic (exact) mass is 261 g/mol. The van der Waals surface area contributed by atoms with E-state index < -0.39 is 4.92 Å². The third kappa shape index (κ3) is 2.69. The second-order valence-electron chi connectivity index (χ2n) is 3.24. The molecular weight excluding hydrogens is 254 g/mol. The van der Waals surface area contributed by atoms with Crippen molar-refractivity contribution in [3.8, 4) is 0 Å². The topological polar surface area (TPSA) is 86.0 Å². The molecule has 6 nitrogen and oxygen atoms in total. The Morgan fingerprint density at radius 1 is 1.22 bits per heavy atom. The molecule has 0 radical (unpaired) electrons. The minimum Gasteiger partial charge on any atom is -0.298 e. The molecule has 0 unspecified atom stereocenters. The van der Waals surface area contributed by atoms with Crippen molar-refractivity contribution >= 4 is 23.7 Å². The number of carbonyl (C=O) groups is 1. The van der Waals surface area contributed by atoms with Gasteiger partial charge in [0.1, 0.15) is 0 Å². The number of hydrogen-bond acceptors (Lipinski definition) is 6. The fourth-order valence-electron chi connectivity index (χ4n) is 1.23. The Morgan fingerprint density at radius 3 is 2.50 bits per heavy atom. The standard InChI is InChI=1S/C11H7N3O3S/c15-7-8-5-12-11(13-6-8)18-10-4-2-1-3-9(10)14(16)17/h1-7H. The zero-order valence-corrected chi connectivity index (χ0v) is 9.83. The lowest BCUT2D eigenvalue weighted by Gasteiger charge is -2.01. The van der Waals surface area contributed by atoms with Crippen LogP contribution in [0, 0.1) is 10.1 Å². The molecule has 7 heteroatoms. The summed E-state index contributed by atoms with van der Waals surface area (Å²) in [5.74, 6) is 0. The Hall–Kier alpha value is -2.28. The van der Waals surface area contributed by atoms with Gasteiger partial charge in [-0.05, 0) is 17.8 Å². The van der Waals surface area contributed by atoms with Crippen molar-refractivity contribution in [3.63, 3.8) is 0 Å². The van der Waals surface area contributed by atoms with E-state index in [1.165, 1.54) is 18.5 Å². The van der Waals surface area contributed by atoms with Crippen LogP contribution in [0.1, 0.15) is 10.4 Å². The number of aromatic nitrogens is 2. The van der Waals surface area contributed by atoms with Gasteiger partial charge >= 0.3 is 0 Å². The minimum absolute atomic E-state index is 0.00515. The van der Waals surface area contributed by atoms with E-state index in [9.17, 15) is 14.9 Å². The third-order valence-corrected chi connectivity index (χ3v) is 3.01. The van der Waals surface area contributed by atoms with Crippen molar-refractivity contribution in [1.29, 1.82) is 0 Å². The van der Waals surface area contributed by atoms with Crippen LogP contribution in [0.4, 0.5) is 5.69 Å². The maximum Gasteiger partial charge on any atom is 0.283 e. The van der Waals surface area contributed by atoms with E-state index in [0.29, 0.717) is 21.9 Å². The van der Waals surface area contributed by atoms with E-state index in [0.717, 1.165) is 11.8 Å². The first-order valence-electron chi connectivity index (χ1n) is 4.89. The van der Waals surface area contributed by atoms with E-state index in [2.05, 4.69) is 9.97 Å². The summed E-state index contributed by atoms with van der Waals surface area (Å²) in [5, 5.41) is 11.2. The second kappa shape index (κ2) is 5.37. The molecule has 0 aliphatic rings. The first-order valence-corrected chi connectivity index (χ1v) is 5.71. The van der Waals surface area contributed by atoms with E-state index >= 15 is 0 Å². The van der Waals surface area contributed by atoms with Gasteiger partial charge in [0.25, 0.3) is 5.69 Å². The molecule has 0 bridgehead atoms. The molecule has 0 spiro atoms. The van der Waals surface area contributed by atoms with Crippen LogP contribution in [0.5, 0.6) is 0 Å². The van der Waals surface area contributed by atoms with Crippen molar-refractivity contribution in [1.82, 2.24) is 9.97 Å². The molecule has 0 saturated carbocycles. The van der Waals surface area contributed by atoms with Crippen LogP contribution in [0.3, 0.4) is 0 Å². The summed E-state index contributed by atoms with van der Waals surface area (Å²) in [6, 6.07) is 6.34. The lowest BCUT2D eigenvalue weighted by Crippen LogP contribution is -1.92. The molecule has 2 rings (SSSR count). The Kier molecular flexibility index (Phi) is 3.63. The summed E-state index contributed by atoms with van der Waals surface area (Å²) in [7, 11) is 0. The third-order valence-electron chi connectivity index (χ3n) is 2.05. The number of nitro benzene ring substituents is 1. The zero-order chi connectivity index (χ0) is 13.0. The maximum absolute atomic E-state index is 10.8. The van der Waals surface area contributed by atoms with Crippen LogP contribution in [-0.2, 0) is 0 Å². The Morgan fingerprint density at radius 2 is 1.89 bits per heavy atom. The summed E-state index contributed by atoms with van der Waals surface area (Å²) in [5.41, 5.74) is 0.368. The number of carbonyl (C=O) groups excluding carboxylic acids is 1. The molecule has 0 amide bonds. The normalized spacial score (nSPS) is 10.0. The van der Waals surface area contributed by atoms with Gasteiger partial charge in [0, 0.05) is 18.5 Å². The fourth-order valence-corrected chi connectivity index (χ4v) is 2.03. The van der Waals surface area contributed by atoms with Crippen molar-refractivity contribution in [2.75, 3.05) is 0 Å². The molecule has 1 aromatic carbocycles. The number of aldehydes is 1. The lowest BCUT2D eigenvalue weighted by atomic mass is 10.3. The molecule has 0 fully saturated rings. The summed E-state index contributed by atoms with van der Waals surface area (Å²) < 4.78 is 0. The van der Waals surface area contributed by atoms with Gasteiger partial charge in [-0.1, -0.05) is 12.1 Å². The molecule has 1 heterocycles. The highest BCUT2D eigenvalue weighted by molar-refractivity contribution is 7.99. The van der Waals surface area contributed by atoms with Crippen LogP contribution in [0.2, 0.25) is 0 Å². The van der Waals surface area contributed by atoms with Gasteiger partial charge in [-0.3, -0.25) is 14.9 Å². The Bertz CT molecular complexity index is 586.